The summed E-state index contributed by atoms with van der Waals surface area (Å²) in [6.07, 6.45) is 1.38. The molecule has 0 bridgehead atoms. The van der Waals surface area contributed by atoms with Crippen LogP contribution in [0.5, 0.6) is 5.75 Å². The van der Waals surface area contributed by atoms with Gasteiger partial charge in [0, 0.05) is 13.2 Å². The molecule has 5 heteroatoms. The van der Waals surface area contributed by atoms with E-state index in [0.717, 1.165) is 41.8 Å². The molecule has 1 N–H and O–H groups in total. The Bertz CT molecular complexity index is 418. The lowest BCUT2D eigenvalue weighted by molar-refractivity contribution is -0.0659. The topological polar surface area (TPSA) is 47.9 Å². The maximum absolute atomic E-state index is 9.89. The first-order valence-electron chi connectivity index (χ1n) is 6.91. The van der Waals surface area contributed by atoms with Crippen LogP contribution in [0.15, 0.2) is 22.7 Å². The van der Waals surface area contributed by atoms with Gasteiger partial charge >= 0.3 is 0 Å². The average Bonchev–Trinajstić information content (AvgIpc) is 2.45. The SMILES string of the molecule is Cc1ccc(OCC(O)COC2CCOCC2)c(Br)c1. The van der Waals surface area contributed by atoms with Gasteiger partial charge in [-0.15, -0.1) is 0 Å². The van der Waals surface area contributed by atoms with Crippen molar-refractivity contribution in [1.29, 1.82) is 0 Å². The van der Waals surface area contributed by atoms with Crippen molar-refractivity contribution >= 4 is 15.9 Å². The highest BCUT2D eigenvalue weighted by Crippen LogP contribution is 2.25. The van der Waals surface area contributed by atoms with E-state index in [9.17, 15) is 5.11 Å². The van der Waals surface area contributed by atoms with Gasteiger partial charge in [0.25, 0.3) is 0 Å². The second kappa shape index (κ2) is 7.98. The Hall–Kier alpha value is -0.620. The first-order chi connectivity index (χ1) is 9.65. The number of aryl methyl sites for hydroxylation is 1. The van der Waals surface area contributed by atoms with Crippen molar-refractivity contribution in [3.63, 3.8) is 0 Å². The average molecular weight is 345 g/mol. The van der Waals surface area contributed by atoms with Crippen LogP contribution in [0.3, 0.4) is 0 Å². The highest BCUT2D eigenvalue weighted by molar-refractivity contribution is 9.10. The molecule has 0 saturated carbocycles. The molecule has 1 unspecified atom stereocenters. The Labute approximate surface area is 128 Å². The van der Waals surface area contributed by atoms with Gasteiger partial charge in [-0.1, -0.05) is 6.07 Å². The molecule has 0 spiro atoms. The molecule has 1 saturated heterocycles. The number of halogens is 1. The molecule has 0 aliphatic carbocycles. The molecule has 2 rings (SSSR count). The first-order valence-corrected chi connectivity index (χ1v) is 7.71. The van der Waals surface area contributed by atoms with Crippen LogP contribution >= 0.6 is 15.9 Å². The summed E-state index contributed by atoms with van der Waals surface area (Å²) < 4.78 is 17.4. The number of aliphatic hydroxyl groups excluding tert-OH is 1. The fourth-order valence-corrected chi connectivity index (χ4v) is 2.65. The summed E-state index contributed by atoms with van der Waals surface area (Å²) in [5, 5.41) is 9.89. The number of aliphatic hydroxyl groups is 1. The largest absolute Gasteiger partial charge is 0.490 e. The van der Waals surface area contributed by atoms with E-state index in [4.69, 9.17) is 14.2 Å². The summed E-state index contributed by atoms with van der Waals surface area (Å²) in [5.41, 5.74) is 1.16. The molecule has 0 radical (unpaired) electrons. The van der Waals surface area contributed by atoms with Crippen molar-refractivity contribution in [1.82, 2.24) is 0 Å². The second-order valence-electron chi connectivity index (χ2n) is 5.04. The van der Waals surface area contributed by atoms with Crippen LogP contribution in [-0.2, 0) is 9.47 Å². The number of hydrogen-bond donors (Lipinski definition) is 1. The molecule has 1 aliphatic rings. The van der Waals surface area contributed by atoms with Crippen molar-refractivity contribution in [3.8, 4) is 5.75 Å². The van der Waals surface area contributed by atoms with Crippen LogP contribution in [0.25, 0.3) is 0 Å². The summed E-state index contributed by atoms with van der Waals surface area (Å²) in [6.45, 7) is 4.03. The minimum absolute atomic E-state index is 0.199. The molecule has 112 valence electrons. The van der Waals surface area contributed by atoms with E-state index in [1.165, 1.54) is 0 Å². The predicted molar refractivity (Wildman–Crippen MR) is 80.2 cm³/mol. The van der Waals surface area contributed by atoms with Gasteiger partial charge in [-0.05, 0) is 53.4 Å². The molecule has 1 aromatic carbocycles. The number of hydrogen-bond acceptors (Lipinski definition) is 4. The Morgan fingerprint density at radius 1 is 1.35 bits per heavy atom. The molecular weight excluding hydrogens is 324 g/mol. The third-order valence-corrected chi connectivity index (χ3v) is 3.83. The van der Waals surface area contributed by atoms with Crippen LogP contribution in [0, 0.1) is 6.92 Å². The number of benzene rings is 1. The third kappa shape index (κ3) is 5.05. The zero-order valence-electron chi connectivity index (χ0n) is 11.7. The van der Waals surface area contributed by atoms with Crippen LogP contribution in [0.1, 0.15) is 18.4 Å². The van der Waals surface area contributed by atoms with Gasteiger partial charge in [0.2, 0.25) is 0 Å². The lowest BCUT2D eigenvalue weighted by Gasteiger charge is -2.23. The quantitative estimate of drug-likeness (QED) is 0.861. The number of ether oxygens (including phenoxy) is 3. The molecule has 1 fully saturated rings. The van der Waals surface area contributed by atoms with Gasteiger partial charge in [0.1, 0.15) is 18.5 Å². The van der Waals surface area contributed by atoms with Gasteiger partial charge in [-0.2, -0.15) is 0 Å². The van der Waals surface area contributed by atoms with Crippen molar-refractivity contribution in [3.05, 3.63) is 28.2 Å². The zero-order valence-corrected chi connectivity index (χ0v) is 13.3. The van der Waals surface area contributed by atoms with Crippen LogP contribution < -0.4 is 4.74 Å². The minimum Gasteiger partial charge on any atom is -0.490 e. The lowest BCUT2D eigenvalue weighted by atomic mass is 10.1. The molecule has 1 atom stereocenters. The fraction of sp³-hybridized carbons (Fsp3) is 0.600. The van der Waals surface area contributed by atoms with E-state index in [1.54, 1.807) is 0 Å². The molecule has 0 amide bonds. The van der Waals surface area contributed by atoms with E-state index in [0.29, 0.717) is 6.61 Å². The second-order valence-corrected chi connectivity index (χ2v) is 5.90. The molecule has 1 aromatic rings. The van der Waals surface area contributed by atoms with Gasteiger partial charge in [-0.3, -0.25) is 0 Å². The van der Waals surface area contributed by atoms with Gasteiger partial charge < -0.3 is 19.3 Å². The Morgan fingerprint density at radius 3 is 2.80 bits per heavy atom. The van der Waals surface area contributed by atoms with Crippen LogP contribution in [0.2, 0.25) is 0 Å². The normalized spacial score (nSPS) is 17.9. The summed E-state index contributed by atoms with van der Waals surface area (Å²) in [7, 11) is 0. The number of rotatable bonds is 6. The van der Waals surface area contributed by atoms with Gasteiger partial charge in [0.05, 0.1) is 17.2 Å². The molecule has 1 aliphatic heterocycles. The Kier molecular flexibility index (Phi) is 6.29. The van der Waals surface area contributed by atoms with Gasteiger partial charge in [0.15, 0.2) is 0 Å². The molecular formula is C15H21BrO4. The third-order valence-electron chi connectivity index (χ3n) is 3.21. The minimum atomic E-state index is -0.619. The van der Waals surface area contributed by atoms with Gasteiger partial charge in [-0.25, -0.2) is 0 Å². The standard InChI is InChI=1S/C15H21BrO4/c1-11-2-3-15(14(16)8-11)20-10-12(17)9-19-13-4-6-18-7-5-13/h2-3,8,12-13,17H,4-7,9-10H2,1H3. The highest BCUT2D eigenvalue weighted by Gasteiger charge is 2.16. The zero-order chi connectivity index (χ0) is 14.4. The maximum atomic E-state index is 9.89. The lowest BCUT2D eigenvalue weighted by Crippen LogP contribution is -2.30. The van der Waals surface area contributed by atoms with Crippen molar-refractivity contribution in [2.24, 2.45) is 0 Å². The summed E-state index contributed by atoms with van der Waals surface area (Å²) in [5.74, 6) is 0.737. The Balaban J connectivity index is 1.70. The van der Waals surface area contributed by atoms with Crippen LogP contribution in [-0.4, -0.2) is 43.7 Å². The van der Waals surface area contributed by atoms with Crippen LogP contribution in [0.4, 0.5) is 0 Å². The highest BCUT2D eigenvalue weighted by atomic mass is 79.9. The first kappa shape index (κ1) is 15.8. The summed E-state index contributed by atoms with van der Waals surface area (Å²) in [6, 6.07) is 5.86. The van der Waals surface area contributed by atoms with E-state index < -0.39 is 6.10 Å². The van der Waals surface area contributed by atoms with E-state index in [2.05, 4.69) is 15.9 Å². The van der Waals surface area contributed by atoms with E-state index in [-0.39, 0.29) is 12.7 Å². The van der Waals surface area contributed by atoms with E-state index in [1.807, 2.05) is 25.1 Å². The smallest absolute Gasteiger partial charge is 0.133 e. The predicted octanol–water partition coefficient (Wildman–Crippen LogP) is 2.69. The van der Waals surface area contributed by atoms with E-state index >= 15 is 0 Å². The molecule has 0 aromatic heterocycles. The van der Waals surface area contributed by atoms with Crippen molar-refractivity contribution in [2.45, 2.75) is 32.0 Å². The summed E-state index contributed by atoms with van der Waals surface area (Å²) in [4.78, 5) is 0. The maximum Gasteiger partial charge on any atom is 0.133 e. The summed E-state index contributed by atoms with van der Waals surface area (Å²) >= 11 is 3.45. The van der Waals surface area contributed by atoms with Crippen molar-refractivity contribution < 1.29 is 19.3 Å². The fourth-order valence-electron chi connectivity index (χ4n) is 2.05. The molecule has 4 nitrogen and oxygen atoms in total. The van der Waals surface area contributed by atoms with Crippen molar-refractivity contribution in [2.75, 3.05) is 26.4 Å². The molecule has 20 heavy (non-hydrogen) atoms. The monoisotopic (exact) mass is 344 g/mol. The Morgan fingerprint density at radius 2 is 2.10 bits per heavy atom. The molecule has 1 heterocycles.